The van der Waals surface area contributed by atoms with E-state index in [0.717, 1.165) is 6.92 Å². The third kappa shape index (κ3) is 3.67. The summed E-state index contributed by atoms with van der Waals surface area (Å²) in [5, 5.41) is 47.0. The predicted molar refractivity (Wildman–Crippen MR) is 64.7 cm³/mol. The van der Waals surface area contributed by atoms with E-state index >= 15 is 0 Å². The maximum absolute atomic E-state index is 11.3. The standard InChI is InChI=1S/C11H19NO9/c1-4(14)20-11(10(18)19)2-5(15)7(12)9(21-11)8(17)6(16)3-13/h5-9,13,15-17H,2-3,12H2,1H3,(H,18,19)/t5-,6+,7+,8+,9+,11-/m0/s1. The van der Waals surface area contributed by atoms with E-state index in [4.69, 9.17) is 15.6 Å². The van der Waals surface area contributed by atoms with Gasteiger partial charge in [-0.05, 0) is 0 Å². The molecule has 1 saturated heterocycles. The highest BCUT2D eigenvalue weighted by Crippen LogP contribution is 2.32. The Hall–Kier alpha value is -1.30. The minimum Gasteiger partial charge on any atom is -0.476 e. The van der Waals surface area contributed by atoms with Gasteiger partial charge in [0.1, 0.15) is 18.3 Å². The van der Waals surface area contributed by atoms with Gasteiger partial charge in [0.2, 0.25) is 0 Å². The number of hydrogen-bond acceptors (Lipinski definition) is 9. The number of aliphatic hydroxyl groups excluding tert-OH is 4. The number of nitrogens with two attached hydrogens (primary N) is 1. The van der Waals surface area contributed by atoms with Crippen molar-refractivity contribution in [3.63, 3.8) is 0 Å². The first-order valence-electron chi connectivity index (χ1n) is 6.16. The Morgan fingerprint density at radius 1 is 1.48 bits per heavy atom. The number of carbonyl (C=O) groups is 2. The molecule has 1 rings (SSSR count). The lowest BCUT2D eigenvalue weighted by Gasteiger charge is -2.44. The van der Waals surface area contributed by atoms with Crippen molar-refractivity contribution in [1.82, 2.24) is 0 Å². The Kier molecular flexibility index (Phi) is 5.61. The van der Waals surface area contributed by atoms with Crippen LogP contribution < -0.4 is 5.73 Å². The molecular weight excluding hydrogens is 290 g/mol. The van der Waals surface area contributed by atoms with E-state index in [1.165, 1.54) is 0 Å². The molecule has 0 amide bonds. The summed E-state index contributed by atoms with van der Waals surface area (Å²) in [5.41, 5.74) is 5.61. The van der Waals surface area contributed by atoms with E-state index in [0.29, 0.717) is 0 Å². The number of hydrogen-bond donors (Lipinski definition) is 6. The van der Waals surface area contributed by atoms with E-state index < -0.39 is 61.2 Å². The van der Waals surface area contributed by atoms with Crippen LogP contribution >= 0.6 is 0 Å². The number of aliphatic carboxylic acids is 1. The van der Waals surface area contributed by atoms with Crippen LogP contribution in [0.2, 0.25) is 0 Å². The number of rotatable bonds is 5. The van der Waals surface area contributed by atoms with Crippen molar-refractivity contribution in [3.05, 3.63) is 0 Å². The Morgan fingerprint density at radius 3 is 2.48 bits per heavy atom. The van der Waals surface area contributed by atoms with Gasteiger partial charge < -0.3 is 40.7 Å². The summed E-state index contributed by atoms with van der Waals surface area (Å²) in [6, 6.07) is -1.25. The number of carboxylic acids is 1. The second kappa shape index (κ2) is 6.64. The summed E-state index contributed by atoms with van der Waals surface area (Å²) in [6.45, 7) is 0.112. The largest absolute Gasteiger partial charge is 0.476 e. The molecule has 0 aromatic heterocycles. The molecule has 1 aliphatic rings. The Morgan fingerprint density at radius 2 is 2.05 bits per heavy atom. The molecular formula is C11H19NO9. The van der Waals surface area contributed by atoms with Crippen LogP contribution in [0.5, 0.6) is 0 Å². The maximum Gasteiger partial charge on any atom is 0.377 e. The highest BCUT2D eigenvalue weighted by molar-refractivity contribution is 5.80. The molecule has 0 saturated carbocycles. The molecule has 0 aliphatic carbocycles. The first-order valence-corrected chi connectivity index (χ1v) is 6.16. The van der Waals surface area contributed by atoms with Gasteiger partial charge in [-0.3, -0.25) is 4.79 Å². The molecule has 0 bridgehead atoms. The monoisotopic (exact) mass is 309 g/mol. The van der Waals surface area contributed by atoms with Crippen LogP contribution in [0, 0.1) is 0 Å². The molecule has 1 heterocycles. The van der Waals surface area contributed by atoms with E-state index in [1.54, 1.807) is 0 Å². The minimum absolute atomic E-state index is 0.637. The normalized spacial score (nSPS) is 35.8. The van der Waals surface area contributed by atoms with Gasteiger partial charge >= 0.3 is 17.7 Å². The fraction of sp³-hybridized carbons (Fsp3) is 0.818. The summed E-state index contributed by atoms with van der Waals surface area (Å²) in [4.78, 5) is 22.4. The average Bonchev–Trinajstić information content (AvgIpc) is 2.40. The van der Waals surface area contributed by atoms with Gasteiger partial charge in [-0.15, -0.1) is 0 Å². The van der Waals surface area contributed by atoms with Gasteiger partial charge in [-0.25, -0.2) is 4.79 Å². The summed E-state index contributed by atoms with van der Waals surface area (Å²) in [6.07, 6.45) is -7.13. The summed E-state index contributed by atoms with van der Waals surface area (Å²) < 4.78 is 9.69. The zero-order valence-electron chi connectivity index (χ0n) is 11.2. The molecule has 0 aromatic carbocycles. The summed E-state index contributed by atoms with van der Waals surface area (Å²) in [7, 11) is 0. The number of carbonyl (C=O) groups excluding carboxylic acids is 1. The molecule has 0 radical (unpaired) electrons. The molecule has 7 N–H and O–H groups in total. The molecule has 0 spiro atoms. The molecule has 6 atom stereocenters. The van der Waals surface area contributed by atoms with Crippen molar-refractivity contribution >= 4 is 11.9 Å². The SMILES string of the molecule is CC(=O)O[C@@]1(C(=O)O)C[C@H](O)[C@@H](N)[C@H]([C@H](O)[C@H](O)CO)O1. The van der Waals surface area contributed by atoms with Crippen LogP contribution in [-0.4, -0.2) is 80.3 Å². The number of carboxylic acid groups (broad SMARTS) is 1. The number of esters is 1. The van der Waals surface area contributed by atoms with Crippen LogP contribution in [0.3, 0.4) is 0 Å². The van der Waals surface area contributed by atoms with E-state index in [9.17, 15) is 30.0 Å². The Bertz CT molecular complexity index is 403. The van der Waals surface area contributed by atoms with Crippen molar-refractivity contribution < 1.29 is 44.6 Å². The lowest BCUT2D eigenvalue weighted by atomic mass is 9.89. The summed E-state index contributed by atoms with van der Waals surface area (Å²) >= 11 is 0. The first-order chi connectivity index (χ1) is 9.64. The van der Waals surface area contributed by atoms with Crippen LogP contribution in [0.15, 0.2) is 0 Å². The van der Waals surface area contributed by atoms with E-state index in [-0.39, 0.29) is 0 Å². The van der Waals surface area contributed by atoms with Crippen LogP contribution in [0.1, 0.15) is 13.3 Å². The molecule has 21 heavy (non-hydrogen) atoms. The molecule has 0 unspecified atom stereocenters. The lowest BCUT2D eigenvalue weighted by molar-refractivity contribution is -0.298. The topological polar surface area (TPSA) is 180 Å². The molecule has 1 aliphatic heterocycles. The maximum atomic E-state index is 11.3. The van der Waals surface area contributed by atoms with E-state index in [2.05, 4.69) is 4.74 Å². The zero-order chi connectivity index (χ0) is 16.4. The van der Waals surface area contributed by atoms with Crippen LogP contribution in [-0.2, 0) is 19.1 Å². The predicted octanol–water partition coefficient (Wildman–Crippen LogP) is -3.48. The molecule has 1 fully saturated rings. The minimum atomic E-state index is -2.53. The van der Waals surface area contributed by atoms with Crippen molar-refractivity contribution in [2.75, 3.05) is 6.61 Å². The number of aliphatic hydroxyl groups is 4. The molecule has 0 aromatic rings. The van der Waals surface area contributed by atoms with Gasteiger partial charge in [0, 0.05) is 6.92 Å². The Balaban J connectivity index is 3.09. The third-order valence-corrected chi connectivity index (χ3v) is 3.18. The molecule has 10 heteroatoms. The van der Waals surface area contributed by atoms with Crippen LogP contribution in [0.25, 0.3) is 0 Å². The van der Waals surface area contributed by atoms with Crippen molar-refractivity contribution in [2.24, 2.45) is 5.73 Å². The highest BCUT2D eigenvalue weighted by Gasteiger charge is 2.55. The van der Waals surface area contributed by atoms with Gasteiger partial charge in [0.25, 0.3) is 0 Å². The zero-order valence-corrected chi connectivity index (χ0v) is 11.2. The highest BCUT2D eigenvalue weighted by atomic mass is 16.7. The summed E-state index contributed by atoms with van der Waals surface area (Å²) in [5.74, 6) is -5.20. The van der Waals surface area contributed by atoms with Crippen molar-refractivity contribution in [1.29, 1.82) is 0 Å². The first kappa shape index (κ1) is 17.8. The van der Waals surface area contributed by atoms with Crippen molar-refractivity contribution in [3.8, 4) is 0 Å². The molecule has 10 nitrogen and oxygen atoms in total. The Labute approximate surface area is 119 Å². The fourth-order valence-corrected chi connectivity index (χ4v) is 2.08. The van der Waals surface area contributed by atoms with Crippen molar-refractivity contribution in [2.45, 2.75) is 49.6 Å². The number of ether oxygens (including phenoxy) is 2. The fourth-order valence-electron chi connectivity index (χ4n) is 2.08. The quantitative estimate of drug-likeness (QED) is 0.279. The average molecular weight is 309 g/mol. The van der Waals surface area contributed by atoms with Gasteiger partial charge in [0.15, 0.2) is 0 Å². The second-order valence-electron chi connectivity index (χ2n) is 4.82. The third-order valence-electron chi connectivity index (χ3n) is 3.18. The van der Waals surface area contributed by atoms with Gasteiger partial charge in [0.05, 0.1) is 25.2 Å². The van der Waals surface area contributed by atoms with E-state index in [1.807, 2.05) is 0 Å². The van der Waals surface area contributed by atoms with Crippen LogP contribution in [0.4, 0.5) is 0 Å². The second-order valence-corrected chi connectivity index (χ2v) is 4.82. The molecule has 122 valence electrons. The van der Waals surface area contributed by atoms with Gasteiger partial charge in [-0.2, -0.15) is 0 Å². The van der Waals surface area contributed by atoms with Gasteiger partial charge in [-0.1, -0.05) is 0 Å². The smallest absolute Gasteiger partial charge is 0.377 e. The lowest BCUT2D eigenvalue weighted by Crippen LogP contribution is -2.66.